The van der Waals surface area contributed by atoms with Crippen molar-refractivity contribution in [2.45, 2.75) is 52.5 Å². The fourth-order valence-electron chi connectivity index (χ4n) is 4.19. The van der Waals surface area contributed by atoms with Gasteiger partial charge in [0, 0.05) is 35.2 Å². The molecular formula is C25H29NO4. The zero-order valence-corrected chi connectivity index (χ0v) is 18.4. The second-order valence-corrected chi connectivity index (χ2v) is 8.73. The highest BCUT2D eigenvalue weighted by Gasteiger charge is 2.38. The average molecular weight is 408 g/mol. The summed E-state index contributed by atoms with van der Waals surface area (Å²) in [6, 6.07) is 9.88. The number of anilines is 1. The van der Waals surface area contributed by atoms with Crippen LogP contribution in [0.4, 0.5) is 5.69 Å². The van der Waals surface area contributed by atoms with Crippen LogP contribution in [-0.4, -0.2) is 30.1 Å². The van der Waals surface area contributed by atoms with Gasteiger partial charge in [-0.25, -0.2) is 4.79 Å². The fraction of sp³-hybridized carbons (Fsp3) is 0.360. The maximum Gasteiger partial charge on any atom is 0.328 e. The molecule has 3 rings (SSSR count). The van der Waals surface area contributed by atoms with Gasteiger partial charge in [0.1, 0.15) is 5.75 Å². The minimum atomic E-state index is -0.995. The number of ether oxygens (including phenoxy) is 1. The smallest absolute Gasteiger partial charge is 0.328 e. The van der Waals surface area contributed by atoms with Crippen molar-refractivity contribution in [1.29, 1.82) is 0 Å². The molecule has 0 unspecified atom stereocenters. The van der Waals surface area contributed by atoms with Crippen molar-refractivity contribution in [3.05, 3.63) is 53.1 Å². The van der Waals surface area contributed by atoms with Gasteiger partial charge < -0.3 is 14.7 Å². The quantitative estimate of drug-likeness (QED) is 0.693. The number of hydrogen-bond donors (Lipinski definition) is 1. The maximum absolute atomic E-state index is 12.9. The van der Waals surface area contributed by atoms with Crippen LogP contribution in [0.5, 0.6) is 5.75 Å². The largest absolute Gasteiger partial charge is 0.496 e. The van der Waals surface area contributed by atoms with Crippen LogP contribution in [0.1, 0.15) is 50.8 Å². The van der Waals surface area contributed by atoms with E-state index in [1.54, 1.807) is 13.2 Å². The second-order valence-electron chi connectivity index (χ2n) is 8.73. The number of fused-ring (bicyclic) bond motifs is 1. The van der Waals surface area contributed by atoms with Gasteiger partial charge in [0.15, 0.2) is 0 Å². The number of carboxylic acids is 1. The summed E-state index contributed by atoms with van der Waals surface area (Å²) in [5.41, 5.74) is 5.53. The summed E-state index contributed by atoms with van der Waals surface area (Å²) < 4.78 is 5.59. The molecule has 2 aromatic carbocycles. The van der Waals surface area contributed by atoms with Crippen LogP contribution in [0, 0.1) is 6.92 Å². The third kappa shape index (κ3) is 3.97. The molecule has 0 saturated heterocycles. The molecule has 0 spiro atoms. The molecule has 0 radical (unpaired) electrons. The molecule has 1 aliphatic rings. The molecule has 0 bridgehead atoms. The monoisotopic (exact) mass is 407 g/mol. The molecule has 1 aliphatic heterocycles. The van der Waals surface area contributed by atoms with Crippen LogP contribution in [0.3, 0.4) is 0 Å². The lowest BCUT2D eigenvalue weighted by molar-refractivity contribution is -0.131. The lowest BCUT2D eigenvalue weighted by Gasteiger charge is -2.41. The van der Waals surface area contributed by atoms with E-state index in [2.05, 4.69) is 32.9 Å². The number of amides is 1. The first-order valence-corrected chi connectivity index (χ1v) is 10.1. The molecule has 2 aromatic rings. The summed E-state index contributed by atoms with van der Waals surface area (Å²) in [5.74, 6) is -0.170. The molecular weight excluding hydrogens is 378 g/mol. The van der Waals surface area contributed by atoms with E-state index in [0.717, 1.165) is 39.6 Å². The van der Waals surface area contributed by atoms with Gasteiger partial charge in [-0.05, 0) is 67.3 Å². The Kier molecular flexibility index (Phi) is 5.75. The van der Waals surface area contributed by atoms with E-state index >= 15 is 0 Å². The van der Waals surface area contributed by atoms with E-state index < -0.39 is 5.97 Å². The summed E-state index contributed by atoms with van der Waals surface area (Å²) in [7, 11) is 1.62. The molecule has 30 heavy (non-hydrogen) atoms. The molecule has 1 heterocycles. The van der Waals surface area contributed by atoms with Gasteiger partial charge >= 0.3 is 5.97 Å². The molecule has 0 atom stereocenters. The highest BCUT2D eigenvalue weighted by atomic mass is 16.5. The van der Waals surface area contributed by atoms with Crippen molar-refractivity contribution in [1.82, 2.24) is 0 Å². The van der Waals surface area contributed by atoms with Crippen LogP contribution >= 0.6 is 0 Å². The van der Waals surface area contributed by atoms with Crippen molar-refractivity contribution >= 4 is 23.6 Å². The Hall–Kier alpha value is -3.08. The first-order chi connectivity index (χ1) is 14.0. The topological polar surface area (TPSA) is 66.8 Å². The van der Waals surface area contributed by atoms with Crippen molar-refractivity contribution in [2.75, 3.05) is 12.0 Å². The van der Waals surface area contributed by atoms with Crippen molar-refractivity contribution in [2.24, 2.45) is 0 Å². The highest BCUT2D eigenvalue weighted by molar-refractivity contribution is 5.99. The van der Waals surface area contributed by atoms with E-state index in [9.17, 15) is 9.59 Å². The summed E-state index contributed by atoms with van der Waals surface area (Å²) in [6.07, 6.45) is 3.16. The zero-order chi connectivity index (χ0) is 22.2. The van der Waals surface area contributed by atoms with Crippen LogP contribution in [0.15, 0.2) is 36.4 Å². The van der Waals surface area contributed by atoms with Gasteiger partial charge in [0.25, 0.3) is 0 Å². The molecule has 1 amide bonds. The average Bonchev–Trinajstić information content (AvgIpc) is 2.65. The standard InChI is InChI=1S/C25H29NO4/c1-15(2)26-21-13-18(16(3)11-20(21)25(4,5)14-23(26)27)19-12-17(8-10-24(28)29)7-9-22(19)30-6/h7-13,15H,14H2,1-6H3,(H,28,29). The molecule has 1 N–H and O–H groups in total. The number of carbonyl (C=O) groups excluding carboxylic acids is 1. The number of benzene rings is 2. The molecule has 0 saturated carbocycles. The van der Waals surface area contributed by atoms with Crippen molar-refractivity contribution in [3.8, 4) is 16.9 Å². The number of carbonyl (C=O) groups is 2. The van der Waals surface area contributed by atoms with Gasteiger partial charge in [-0.15, -0.1) is 0 Å². The van der Waals surface area contributed by atoms with Gasteiger partial charge in [0.2, 0.25) is 5.91 Å². The third-order valence-electron chi connectivity index (χ3n) is 5.64. The van der Waals surface area contributed by atoms with E-state index in [1.807, 2.05) is 36.9 Å². The molecule has 5 nitrogen and oxygen atoms in total. The van der Waals surface area contributed by atoms with Crippen LogP contribution < -0.4 is 9.64 Å². The number of aryl methyl sites for hydroxylation is 1. The normalized spacial score (nSPS) is 15.6. The summed E-state index contributed by atoms with van der Waals surface area (Å²) in [4.78, 5) is 25.7. The number of methoxy groups -OCH3 is 1. The van der Waals surface area contributed by atoms with E-state index in [4.69, 9.17) is 9.84 Å². The van der Waals surface area contributed by atoms with Gasteiger partial charge in [-0.2, -0.15) is 0 Å². The Balaban J connectivity index is 2.24. The SMILES string of the molecule is COc1ccc(C=CC(=O)O)cc1-c1cc2c(cc1C)C(C)(C)CC(=O)N2C(C)C. The van der Waals surface area contributed by atoms with E-state index in [1.165, 1.54) is 0 Å². The van der Waals surface area contributed by atoms with E-state index in [0.29, 0.717) is 12.2 Å². The van der Waals surface area contributed by atoms with Crippen LogP contribution in [0.25, 0.3) is 17.2 Å². The first-order valence-electron chi connectivity index (χ1n) is 10.1. The lowest BCUT2D eigenvalue weighted by atomic mass is 9.75. The first kappa shape index (κ1) is 21.6. The number of carboxylic acid groups (broad SMARTS) is 1. The van der Waals surface area contributed by atoms with Crippen LogP contribution in [-0.2, 0) is 15.0 Å². The Morgan fingerprint density at radius 1 is 1.20 bits per heavy atom. The van der Waals surface area contributed by atoms with Gasteiger partial charge in [0.05, 0.1) is 7.11 Å². The second kappa shape index (κ2) is 7.98. The summed E-state index contributed by atoms with van der Waals surface area (Å²) in [6.45, 7) is 10.3. The molecule has 5 heteroatoms. The number of hydrogen-bond acceptors (Lipinski definition) is 3. The number of rotatable bonds is 5. The molecule has 158 valence electrons. The van der Waals surface area contributed by atoms with Gasteiger partial charge in [-0.3, -0.25) is 4.79 Å². The Morgan fingerprint density at radius 2 is 1.90 bits per heavy atom. The molecule has 0 aromatic heterocycles. The number of nitrogens with zero attached hydrogens (tertiary/aromatic N) is 1. The predicted molar refractivity (Wildman–Crippen MR) is 120 cm³/mol. The van der Waals surface area contributed by atoms with Gasteiger partial charge in [-0.1, -0.05) is 26.0 Å². The third-order valence-corrected chi connectivity index (χ3v) is 5.64. The highest BCUT2D eigenvalue weighted by Crippen LogP contribution is 2.45. The Morgan fingerprint density at radius 3 is 2.50 bits per heavy atom. The Labute approximate surface area is 178 Å². The predicted octanol–water partition coefficient (Wildman–Crippen LogP) is 5.19. The number of aliphatic carboxylic acids is 1. The Bertz CT molecular complexity index is 1030. The minimum Gasteiger partial charge on any atom is -0.496 e. The van der Waals surface area contributed by atoms with Crippen molar-refractivity contribution in [3.63, 3.8) is 0 Å². The maximum atomic E-state index is 12.9. The fourth-order valence-corrected chi connectivity index (χ4v) is 4.19. The minimum absolute atomic E-state index is 0.0506. The molecule has 0 fully saturated rings. The molecule has 0 aliphatic carbocycles. The summed E-state index contributed by atoms with van der Waals surface area (Å²) in [5, 5.41) is 8.94. The van der Waals surface area contributed by atoms with Crippen LogP contribution in [0.2, 0.25) is 0 Å². The van der Waals surface area contributed by atoms with Crippen molar-refractivity contribution < 1.29 is 19.4 Å². The lowest BCUT2D eigenvalue weighted by Crippen LogP contribution is -2.45. The van der Waals surface area contributed by atoms with E-state index in [-0.39, 0.29) is 17.4 Å². The summed E-state index contributed by atoms with van der Waals surface area (Å²) >= 11 is 0. The zero-order valence-electron chi connectivity index (χ0n) is 18.4.